The summed E-state index contributed by atoms with van der Waals surface area (Å²) in [5, 5.41) is 3.26. The number of amides is 1. The van der Waals surface area contributed by atoms with Gasteiger partial charge in [-0.15, -0.1) is 36.2 Å². The van der Waals surface area contributed by atoms with Crippen LogP contribution in [0.4, 0.5) is 0 Å². The number of rotatable bonds is 2. The highest BCUT2D eigenvalue weighted by molar-refractivity contribution is 7.11. The maximum Gasteiger partial charge on any atom is 0.265 e. The van der Waals surface area contributed by atoms with Crippen molar-refractivity contribution in [2.75, 3.05) is 20.1 Å². The van der Waals surface area contributed by atoms with Crippen LogP contribution in [0, 0.1) is 6.92 Å². The monoisotopic (exact) mass is 311 g/mol. The number of carbonyl (C=O) groups is 1. The van der Waals surface area contributed by atoms with Gasteiger partial charge in [-0.2, -0.15) is 0 Å². The van der Waals surface area contributed by atoms with Gasteiger partial charge in [-0.1, -0.05) is 0 Å². The van der Waals surface area contributed by atoms with Gasteiger partial charge in [0.25, 0.3) is 5.91 Å². The number of aromatic nitrogens is 1. The Hall–Kier alpha value is -0.360. The summed E-state index contributed by atoms with van der Waals surface area (Å²) in [6.45, 7) is 3.59. The summed E-state index contributed by atoms with van der Waals surface area (Å²) in [7, 11) is 1.98. The van der Waals surface area contributed by atoms with Gasteiger partial charge in [0.15, 0.2) is 0 Å². The van der Waals surface area contributed by atoms with Crippen molar-refractivity contribution in [2.45, 2.75) is 25.8 Å². The average molecular weight is 312 g/mol. The molecular weight excluding hydrogens is 293 g/mol. The highest BCUT2D eigenvalue weighted by Gasteiger charge is 2.24. The molecule has 1 aliphatic heterocycles. The second-order valence-electron chi connectivity index (χ2n) is 4.12. The Kier molecular flexibility index (Phi) is 7.78. The molecule has 1 aliphatic rings. The third-order valence-electron chi connectivity index (χ3n) is 3.13. The van der Waals surface area contributed by atoms with Crippen LogP contribution in [0.15, 0.2) is 5.51 Å². The molecule has 1 saturated heterocycles. The van der Waals surface area contributed by atoms with Crippen LogP contribution in [0.1, 0.15) is 28.2 Å². The summed E-state index contributed by atoms with van der Waals surface area (Å²) in [6.07, 6.45) is 2.08. The Labute approximate surface area is 124 Å². The lowest BCUT2D eigenvalue weighted by Gasteiger charge is -2.31. The topological polar surface area (TPSA) is 45.2 Å². The molecule has 0 radical (unpaired) electrons. The van der Waals surface area contributed by atoms with Crippen LogP contribution in [0.25, 0.3) is 0 Å². The number of hydrogen-bond donors (Lipinski definition) is 1. The minimum Gasteiger partial charge on any atom is -0.338 e. The van der Waals surface area contributed by atoms with E-state index in [1.807, 2.05) is 18.9 Å². The van der Waals surface area contributed by atoms with Gasteiger partial charge in [-0.3, -0.25) is 4.79 Å². The predicted molar refractivity (Wildman–Crippen MR) is 79.3 cm³/mol. The molecule has 7 heteroatoms. The van der Waals surface area contributed by atoms with E-state index in [0.717, 1.165) is 36.5 Å². The SMILES string of the molecule is CNC1CCN(C(=O)c2scnc2C)CC1.Cl.Cl. The number of likely N-dealkylation sites (tertiary alicyclic amines) is 1. The highest BCUT2D eigenvalue weighted by Crippen LogP contribution is 2.18. The second kappa shape index (κ2) is 7.94. The van der Waals surface area contributed by atoms with E-state index in [4.69, 9.17) is 0 Å². The standard InChI is InChI=1S/C11H17N3OS.2ClH/c1-8-10(16-7-13-8)11(15)14-5-3-9(12-2)4-6-14;;/h7,9,12H,3-6H2,1-2H3;2*1H. The van der Waals surface area contributed by atoms with Crippen molar-refractivity contribution in [3.8, 4) is 0 Å². The van der Waals surface area contributed by atoms with Gasteiger partial charge in [0, 0.05) is 19.1 Å². The first-order valence-corrected chi connectivity index (χ1v) is 6.47. The Balaban J connectivity index is 0.00000144. The summed E-state index contributed by atoms with van der Waals surface area (Å²) < 4.78 is 0. The minimum absolute atomic E-state index is 0. The minimum atomic E-state index is 0. The van der Waals surface area contributed by atoms with Gasteiger partial charge in [0.05, 0.1) is 11.2 Å². The lowest BCUT2D eigenvalue weighted by molar-refractivity contribution is 0.0711. The van der Waals surface area contributed by atoms with Gasteiger partial charge in [0.1, 0.15) is 4.88 Å². The van der Waals surface area contributed by atoms with Crippen LogP contribution in [-0.4, -0.2) is 42.0 Å². The number of nitrogens with zero attached hydrogens (tertiary/aromatic N) is 2. The summed E-state index contributed by atoms with van der Waals surface area (Å²) >= 11 is 1.44. The van der Waals surface area contributed by atoms with Crippen LogP contribution in [-0.2, 0) is 0 Å². The number of carbonyl (C=O) groups excluding carboxylic acids is 1. The number of nitrogens with one attached hydrogen (secondary N) is 1. The van der Waals surface area contributed by atoms with Gasteiger partial charge in [-0.05, 0) is 26.8 Å². The first kappa shape index (κ1) is 17.6. The van der Waals surface area contributed by atoms with Crippen molar-refractivity contribution >= 4 is 42.1 Å². The third-order valence-corrected chi connectivity index (χ3v) is 4.05. The molecule has 1 amide bonds. The molecule has 2 heterocycles. The summed E-state index contributed by atoms with van der Waals surface area (Å²) in [5.41, 5.74) is 2.59. The van der Waals surface area contributed by atoms with Crippen molar-refractivity contribution in [2.24, 2.45) is 0 Å². The van der Waals surface area contributed by atoms with Crippen LogP contribution in [0.2, 0.25) is 0 Å². The van der Waals surface area contributed by atoms with Crippen molar-refractivity contribution < 1.29 is 4.79 Å². The molecule has 0 bridgehead atoms. The number of thiazole rings is 1. The van der Waals surface area contributed by atoms with Crippen molar-refractivity contribution in [1.82, 2.24) is 15.2 Å². The molecule has 18 heavy (non-hydrogen) atoms. The fraction of sp³-hybridized carbons (Fsp3) is 0.636. The zero-order valence-electron chi connectivity index (χ0n) is 10.5. The molecule has 1 N–H and O–H groups in total. The Morgan fingerprint density at radius 2 is 2.06 bits per heavy atom. The number of hydrogen-bond acceptors (Lipinski definition) is 4. The smallest absolute Gasteiger partial charge is 0.265 e. The second-order valence-corrected chi connectivity index (χ2v) is 4.98. The molecule has 0 aromatic carbocycles. The van der Waals surface area contributed by atoms with Gasteiger partial charge < -0.3 is 10.2 Å². The molecule has 0 atom stereocenters. The van der Waals surface area contributed by atoms with E-state index in [1.165, 1.54) is 11.3 Å². The predicted octanol–water partition coefficient (Wildman–Crippen LogP) is 2.12. The van der Waals surface area contributed by atoms with Crippen LogP contribution < -0.4 is 5.32 Å². The zero-order valence-corrected chi connectivity index (χ0v) is 13.0. The maximum atomic E-state index is 12.2. The van der Waals surface area contributed by atoms with E-state index in [1.54, 1.807) is 5.51 Å². The van der Waals surface area contributed by atoms with Crippen LogP contribution in [0.3, 0.4) is 0 Å². The van der Waals surface area contributed by atoms with Gasteiger partial charge in [-0.25, -0.2) is 4.98 Å². The Morgan fingerprint density at radius 1 is 1.44 bits per heavy atom. The first-order valence-electron chi connectivity index (χ1n) is 5.59. The van der Waals surface area contributed by atoms with Crippen LogP contribution >= 0.6 is 36.2 Å². The molecular formula is C11H19Cl2N3OS. The largest absolute Gasteiger partial charge is 0.338 e. The number of halogens is 2. The van der Waals surface area contributed by atoms with E-state index < -0.39 is 0 Å². The maximum absolute atomic E-state index is 12.2. The van der Waals surface area contributed by atoms with Crippen molar-refractivity contribution in [1.29, 1.82) is 0 Å². The summed E-state index contributed by atoms with van der Waals surface area (Å²) in [6, 6.07) is 0.562. The van der Waals surface area contributed by atoms with E-state index in [9.17, 15) is 4.79 Å². The first-order chi connectivity index (χ1) is 7.72. The van der Waals surface area contributed by atoms with E-state index in [-0.39, 0.29) is 30.7 Å². The van der Waals surface area contributed by atoms with Crippen molar-refractivity contribution in [3.05, 3.63) is 16.1 Å². The van der Waals surface area contributed by atoms with Crippen molar-refractivity contribution in [3.63, 3.8) is 0 Å². The Bertz CT molecular complexity index is 378. The van der Waals surface area contributed by atoms with Gasteiger partial charge >= 0.3 is 0 Å². The molecule has 2 rings (SSSR count). The molecule has 1 fully saturated rings. The fourth-order valence-corrected chi connectivity index (χ4v) is 2.79. The van der Waals surface area contributed by atoms with Crippen LogP contribution in [0.5, 0.6) is 0 Å². The zero-order chi connectivity index (χ0) is 11.5. The average Bonchev–Trinajstić information content (AvgIpc) is 2.75. The molecule has 104 valence electrons. The van der Waals surface area contributed by atoms with E-state index in [2.05, 4.69) is 10.3 Å². The molecule has 4 nitrogen and oxygen atoms in total. The lowest BCUT2D eigenvalue weighted by atomic mass is 10.1. The van der Waals surface area contributed by atoms with Gasteiger partial charge in [0.2, 0.25) is 0 Å². The molecule has 1 aromatic heterocycles. The Morgan fingerprint density at radius 3 is 2.50 bits per heavy atom. The molecule has 0 saturated carbocycles. The molecule has 1 aromatic rings. The fourth-order valence-electron chi connectivity index (χ4n) is 2.02. The third kappa shape index (κ3) is 3.82. The number of aryl methyl sites for hydroxylation is 1. The van der Waals surface area contributed by atoms with E-state index in [0.29, 0.717) is 6.04 Å². The lowest BCUT2D eigenvalue weighted by Crippen LogP contribution is -2.43. The molecule has 0 spiro atoms. The molecule has 0 unspecified atom stereocenters. The quantitative estimate of drug-likeness (QED) is 0.910. The van der Waals surface area contributed by atoms with E-state index >= 15 is 0 Å². The normalized spacial score (nSPS) is 15.8. The summed E-state index contributed by atoms with van der Waals surface area (Å²) in [4.78, 5) is 19.0. The molecule has 0 aliphatic carbocycles. The number of piperidine rings is 1. The summed E-state index contributed by atoms with van der Waals surface area (Å²) in [5.74, 6) is 0.148. The highest BCUT2D eigenvalue weighted by atomic mass is 35.5.